The van der Waals surface area contributed by atoms with Crippen molar-refractivity contribution in [3.8, 4) is 0 Å². The molecule has 2 N–H and O–H groups in total. The van der Waals surface area contributed by atoms with Crippen LogP contribution in [-0.2, 0) is 9.47 Å². The number of rotatable bonds is 5. The second-order valence-corrected chi connectivity index (χ2v) is 6.47. The van der Waals surface area contributed by atoms with Gasteiger partial charge in [0.15, 0.2) is 5.79 Å². The van der Waals surface area contributed by atoms with E-state index in [1.54, 1.807) is 12.1 Å². The van der Waals surface area contributed by atoms with Gasteiger partial charge in [0.25, 0.3) is 0 Å². The summed E-state index contributed by atoms with van der Waals surface area (Å²) in [4.78, 5) is 11.9. The molecule has 0 radical (unpaired) electrons. The lowest BCUT2D eigenvalue weighted by Gasteiger charge is -2.22. The average molecular weight is 343 g/mol. The van der Waals surface area contributed by atoms with Gasteiger partial charge in [-0.3, -0.25) is 0 Å². The van der Waals surface area contributed by atoms with Crippen molar-refractivity contribution in [2.24, 2.45) is 0 Å². The van der Waals surface area contributed by atoms with Crippen molar-refractivity contribution in [3.63, 3.8) is 0 Å². The highest BCUT2D eigenvalue weighted by Gasteiger charge is 2.42. The molecule has 0 spiro atoms. The SMILES string of the molecule is CC1(CCNC(=O)N[C@H]2C[C@@H]2c2c(F)cccc2Cl)OCCO1. The van der Waals surface area contributed by atoms with Crippen LogP contribution in [-0.4, -0.2) is 37.6 Å². The monoisotopic (exact) mass is 342 g/mol. The maximum Gasteiger partial charge on any atom is 0.315 e. The largest absolute Gasteiger partial charge is 0.348 e. The third-order valence-corrected chi connectivity index (χ3v) is 4.57. The Labute approximate surface area is 139 Å². The van der Waals surface area contributed by atoms with Crippen LogP contribution in [0, 0.1) is 5.82 Å². The normalized spacial score (nSPS) is 25.2. The third-order valence-electron chi connectivity index (χ3n) is 4.24. The van der Waals surface area contributed by atoms with Gasteiger partial charge in [0.05, 0.1) is 13.2 Å². The Kier molecular flexibility index (Phi) is 4.75. The Morgan fingerprint density at radius 3 is 2.87 bits per heavy atom. The third kappa shape index (κ3) is 3.94. The average Bonchev–Trinajstić information content (AvgIpc) is 3.08. The minimum Gasteiger partial charge on any atom is -0.348 e. The fourth-order valence-electron chi connectivity index (χ4n) is 2.86. The fraction of sp³-hybridized carbons (Fsp3) is 0.562. The molecule has 5 nitrogen and oxygen atoms in total. The molecule has 0 bridgehead atoms. The van der Waals surface area contributed by atoms with Crippen LogP contribution in [0.15, 0.2) is 18.2 Å². The van der Waals surface area contributed by atoms with Crippen molar-refractivity contribution in [3.05, 3.63) is 34.6 Å². The van der Waals surface area contributed by atoms with Gasteiger partial charge in [0, 0.05) is 35.5 Å². The van der Waals surface area contributed by atoms with Crippen molar-refractivity contribution in [1.29, 1.82) is 0 Å². The molecule has 1 aliphatic carbocycles. The van der Waals surface area contributed by atoms with Crippen LogP contribution in [0.1, 0.15) is 31.2 Å². The van der Waals surface area contributed by atoms with E-state index in [-0.39, 0.29) is 23.8 Å². The van der Waals surface area contributed by atoms with Crippen LogP contribution in [0.25, 0.3) is 0 Å². The summed E-state index contributed by atoms with van der Waals surface area (Å²) in [5.41, 5.74) is 0.486. The predicted octanol–water partition coefficient (Wildman–Crippen LogP) is 2.79. The Balaban J connectivity index is 1.43. The van der Waals surface area contributed by atoms with E-state index in [0.29, 0.717) is 43.2 Å². The van der Waals surface area contributed by atoms with E-state index in [1.165, 1.54) is 6.07 Å². The Morgan fingerprint density at radius 1 is 1.43 bits per heavy atom. The molecule has 0 unspecified atom stereocenters. The van der Waals surface area contributed by atoms with Gasteiger partial charge in [-0.05, 0) is 25.5 Å². The molecule has 2 aliphatic rings. The Morgan fingerprint density at radius 2 is 2.17 bits per heavy atom. The summed E-state index contributed by atoms with van der Waals surface area (Å²) in [6.45, 7) is 3.46. The first-order chi connectivity index (χ1) is 11.0. The smallest absolute Gasteiger partial charge is 0.315 e. The lowest BCUT2D eigenvalue weighted by Crippen LogP contribution is -2.40. The van der Waals surface area contributed by atoms with E-state index >= 15 is 0 Å². The highest BCUT2D eigenvalue weighted by atomic mass is 35.5. The van der Waals surface area contributed by atoms with E-state index in [0.717, 1.165) is 0 Å². The molecule has 1 saturated carbocycles. The number of amides is 2. The van der Waals surface area contributed by atoms with Gasteiger partial charge in [0.1, 0.15) is 5.82 Å². The molecule has 1 aromatic carbocycles. The molecule has 0 aromatic heterocycles. The number of halogens is 2. The van der Waals surface area contributed by atoms with Crippen molar-refractivity contribution >= 4 is 17.6 Å². The highest BCUT2D eigenvalue weighted by molar-refractivity contribution is 6.31. The summed E-state index contributed by atoms with van der Waals surface area (Å²) >= 11 is 6.04. The molecule has 2 amide bonds. The molecular formula is C16H20ClFN2O3. The number of hydrogen-bond donors (Lipinski definition) is 2. The molecule has 126 valence electrons. The van der Waals surface area contributed by atoms with Crippen molar-refractivity contribution in [2.45, 2.75) is 37.5 Å². The number of ether oxygens (including phenoxy) is 2. The zero-order chi connectivity index (χ0) is 16.4. The number of carbonyl (C=O) groups is 1. The molecule has 2 atom stereocenters. The maximum atomic E-state index is 13.8. The molecule has 3 rings (SSSR count). The summed E-state index contributed by atoms with van der Waals surface area (Å²) in [6.07, 6.45) is 1.27. The van der Waals surface area contributed by atoms with Crippen LogP contribution in [0.4, 0.5) is 9.18 Å². The lowest BCUT2D eigenvalue weighted by molar-refractivity contribution is -0.145. The molecular weight excluding hydrogens is 323 g/mol. The minimum absolute atomic E-state index is 0.0616. The van der Waals surface area contributed by atoms with Crippen LogP contribution in [0.3, 0.4) is 0 Å². The van der Waals surface area contributed by atoms with Crippen molar-refractivity contribution in [1.82, 2.24) is 10.6 Å². The zero-order valence-corrected chi connectivity index (χ0v) is 13.7. The van der Waals surface area contributed by atoms with Gasteiger partial charge in [0.2, 0.25) is 0 Å². The van der Waals surface area contributed by atoms with Gasteiger partial charge in [-0.1, -0.05) is 17.7 Å². The lowest BCUT2D eigenvalue weighted by atomic mass is 10.1. The molecule has 1 aliphatic heterocycles. The Hall–Kier alpha value is -1.37. The summed E-state index contributed by atoms with van der Waals surface area (Å²) in [5, 5.41) is 6.01. The van der Waals surface area contributed by atoms with E-state index in [2.05, 4.69) is 10.6 Å². The summed E-state index contributed by atoms with van der Waals surface area (Å²) in [7, 11) is 0. The first kappa shape index (κ1) is 16.5. The first-order valence-electron chi connectivity index (χ1n) is 7.75. The number of carbonyl (C=O) groups excluding carboxylic acids is 1. The van der Waals surface area contributed by atoms with Gasteiger partial charge < -0.3 is 20.1 Å². The summed E-state index contributed by atoms with van der Waals surface area (Å²) in [5.74, 6) is -1.00. The van der Waals surface area contributed by atoms with E-state index in [1.807, 2.05) is 6.92 Å². The second-order valence-electron chi connectivity index (χ2n) is 6.06. The molecule has 1 aromatic rings. The molecule has 1 heterocycles. The topological polar surface area (TPSA) is 59.6 Å². The van der Waals surface area contributed by atoms with Crippen LogP contribution >= 0.6 is 11.6 Å². The standard InChI is InChI=1S/C16H20ClFN2O3/c1-16(22-7-8-23-16)5-6-19-15(21)20-13-9-10(13)14-11(17)3-2-4-12(14)18/h2-4,10,13H,5-9H2,1H3,(H2,19,20,21)/t10-,13-/m0/s1. The minimum atomic E-state index is -0.615. The molecule has 23 heavy (non-hydrogen) atoms. The van der Waals surface area contributed by atoms with Gasteiger partial charge in [-0.15, -0.1) is 0 Å². The summed E-state index contributed by atoms with van der Waals surface area (Å²) in [6, 6.07) is 4.27. The van der Waals surface area contributed by atoms with Crippen molar-refractivity contribution in [2.75, 3.05) is 19.8 Å². The first-order valence-corrected chi connectivity index (χ1v) is 8.12. The van der Waals surface area contributed by atoms with Crippen molar-refractivity contribution < 1.29 is 18.7 Å². The van der Waals surface area contributed by atoms with E-state index in [4.69, 9.17) is 21.1 Å². The number of urea groups is 1. The quantitative estimate of drug-likeness (QED) is 0.865. The fourth-order valence-corrected chi connectivity index (χ4v) is 3.17. The molecule has 2 fully saturated rings. The van der Waals surface area contributed by atoms with Gasteiger partial charge in [-0.25, -0.2) is 9.18 Å². The number of hydrogen-bond acceptors (Lipinski definition) is 3. The highest BCUT2D eigenvalue weighted by Crippen LogP contribution is 2.44. The van der Waals surface area contributed by atoms with Crippen LogP contribution < -0.4 is 10.6 Å². The Bertz CT molecular complexity index is 572. The number of benzene rings is 1. The van der Waals surface area contributed by atoms with E-state index in [9.17, 15) is 9.18 Å². The number of nitrogens with one attached hydrogen (secondary N) is 2. The van der Waals surface area contributed by atoms with Gasteiger partial charge >= 0.3 is 6.03 Å². The maximum absolute atomic E-state index is 13.8. The zero-order valence-electron chi connectivity index (χ0n) is 12.9. The second kappa shape index (κ2) is 6.63. The van der Waals surface area contributed by atoms with Crippen LogP contribution in [0.2, 0.25) is 5.02 Å². The predicted molar refractivity (Wildman–Crippen MR) is 84.0 cm³/mol. The van der Waals surface area contributed by atoms with Gasteiger partial charge in [-0.2, -0.15) is 0 Å². The molecule has 7 heteroatoms. The van der Waals surface area contributed by atoms with Crippen LogP contribution in [0.5, 0.6) is 0 Å². The summed E-state index contributed by atoms with van der Waals surface area (Å²) < 4.78 is 24.8. The van der Waals surface area contributed by atoms with E-state index < -0.39 is 5.79 Å². The molecule has 1 saturated heterocycles.